The number of nitrogens with one attached hydrogen (secondary N) is 2. The average Bonchev–Trinajstić information content (AvgIpc) is 2.68. The third kappa shape index (κ3) is 6.88. The van der Waals surface area contributed by atoms with Crippen molar-refractivity contribution < 1.29 is 19.0 Å². The first-order valence-corrected chi connectivity index (χ1v) is 10.8. The highest BCUT2D eigenvalue weighted by Crippen LogP contribution is 2.34. The van der Waals surface area contributed by atoms with Gasteiger partial charge in [-0.2, -0.15) is 0 Å². The van der Waals surface area contributed by atoms with Crippen molar-refractivity contribution in [1.29, 1.82) is 0 Å². The lowest BCUT2D eigenvalue weighted by Crippen LogP contribution is -2.40. The third-order valence-corrected chi connectivity index (χ3v) is 5.53. The van der Waals surface area contributed by atoms with Gasteiger partial charge in [-0.3, -0.25) is 15.2 Å². The van der Waals surface area contributed by atoms with Crippen LogP contribution < -0.4 is 20.2 Å². The Hall–Kier alpha value is -2.23. The highest BCUT2D eigenvalue weighted by molar-refractivity contribution is 6.33. The second-order valence-electron chi connectivity index (χ2n) is 7.64. The zero-order valence-electron chi connectivity index (χ0n) is 17.7. The van der Waals surface area contributed by atoms with Gasteiger partial charge in [-0.15, -0.1) is 0 Å². The SMILES string of the molecule is CC(=O)N[C@@H](C)CO[C@H]1C[C@H](COc2ncnc(OCC3=CC=C(Cl)N(C)N3)c2Cl)C1. The number of nitrogens with zero attached hydrogens (tertiary/aromatic N) is 3. The van der Waals surface area contributed by atoms with Crippen molar-refractivity contribution in [2.75, 3.05) is 26.9 Å². The molecule has 1 amide bonds. The second-order valence-corrected chi connectivity index (χ2v) is 8.41. The lowest BCUT2D eigenvalue weighted by Gasteiger charge is -2.35. The Morgan fingerprint density at radius 3 is 2.68 bits per heavy atom. The Morgan fingerprint density at radius 2 is 2.00 bits per heavy atom. The van der Waals surface area contributed by atoms with Crippen molar-refractivity contribution in [2.45, 2.75) is 38.8 Å². The van der Waals surface area contributed by atoms with Gasteiger partial charge in [0.2, 0.25) is 17.7 Å². The predicted molar refractivity (Wildman–Crippen MR) is 117 cm³/mol. The summed E-state index contributed by atoms with van der Waals surface area (Å²) < 4.78 is 17.3. The first kappa shape index (κ1) is 23.4. The molecule has 2 heterocycles. The van der Waals surface area contributed by atoms with Gasteiger partial charge in [0.15, 0.2) is 5.02 Å². The fraction of sp³-hybridized carbons (Fsp3) is 0.550. The number of carbonyl (C=O) groups excluding carboxylic acids is 1. The standard InChI is InChI=1S/C20H27Cl2N5O4/c1-12(25-13(2)28)8-29-16-6-14(7-16)9-30-19-18(22)20(24-11-23-19)31-10-15-4-5-17(21)27(3)26-15/h4-5,11-12,14,16,26H,6-10H2,1-3H3,(H,25,28)/t12-,14-,16-/m0/s1. The number of halogens is 2. The van der Waals surface area contributed by atoms with Gasteiger partial charge in [0.05, 0.1) is 25.0 Å². The molecule has 1 aliphatic carbocycles. The van der Waals surface area contributed by atoms with E-state index in [0.717, 1.165) is 18.5 Å². The van der Waals surface area contributed by atoms with Crippen LogP contribution in [0.3, 0.4) is 0 Å². The lowest BCUT2D eigenvalue weighted by molar-refractivity contribution is -0.120. The monoisotopic (exact) mass is 471 g/mol. The van der Waals surface area contributed by atoms with Crippen LogP contribution in [0.25, 0.3) is 0 Å². The quantitative estimate of drug-likeness (QED) is 0.502. The first-order valence-electron chi connectivity index (χ1n) is 10.0. The van der Waals surface area contributed by atoms with Crippen LogP contribution in [0.4, 0.5) is 0 Å². The van der Waals surface area contributed by atoms with Gasteiger partial charge in [-0.25, -0.2) is 9.97 Å². The van der Waals surface area contributed by atoms with Crippen LogP contribution in [0.1, 0.15) is 26.7 Å². The van der Waals surface area contributed by atoms with Crippen LogP contribution in [0.15, 0.2) is 29.3 Å². The van der Waals surface area contributed by atoms with Crippen molar-refractivity contribution in [1.82, 2.24) is 25.7 Å². The minimum atomic E-state index is -0.0543. The number of rotatable bonds is 10. The fourth-order valence-corrected chi connectivity index (χ4v) is 3.48. The smallest absolute Gasteiger partial charge is 0.240 e. The molecule has 1 aromatic heterocycles. The van der Waals surface area contributed by atoms with Crippen molar-refractivity contribution in [3.8, 4) is 11.8 Å². The summed E-state index contributed by atoms with van der Waals surface area (Å²) in [5.41, 5.74) is 3.88. The van der Waals surface area contributed by atoms with Gasteiger partial charge in [-0.05, 0) is 37.8 Å². The Morgan fingerprint density at radius 1 is 1.29 bits per heavy atom. The Balaban J connectivity index is 1.40. The maximum atomic E-state index is 11.0. The van der Waals surface area contributed by atoms with Crippen molar-refractivity contribution in [3.05, 3.63) is 34.4 Å². The van der Waals surface area contributed by atoms with E-state index >= 15 is 0 Å². The zero-order valence-corrected chi connectivity index (χ0v) is 19.2. The molecule has 1 fully saturated rings. The highest BCUT2D eigenvalue weighted by atomic mass is 35.5. The van der Waals surface area contributed by atoms with Gasteiger partial charge in [0, 0.05) is 20.0 Å². The molecular weight excluding hydrogens is 445 g/mol. The summed E-state index contributed by atoms with van der Waals surface area (Å²) in [6, 6.07) is -0.000900. The van der Waals surface area contributed by atoms with Crippen molar-refractivity contribution in [3.63, 3.8) is 0 Å². The predicted octanol–water partition coefficient (Wildman–Crippen LogP) is 2.62. The fourth-order valence-electron chi connectivity index (χ4n) is 3.17. The molecule has 11 heteroatoms. The van der Waals surface area contributed by atoms with E-state index in [-0.39, 0.29) is 35.6 Å². The van der Waals surface area contributed by atoms with E-state index in [0.29, 0.717) is 30.2 Å². The maximum Gasteiger partial charge on any atom is 0.240 e. The number of hydrogen-bond donors (Lipinski definition) is 2. The molecule has 0 bridgehead atoms. The number of allylic oxidation sites excluding steroid dienone is 2. The normalized spacial score (nSPS) is 21.3. The number of amides is 1. The number of hydrogen-bond acceptors (Lipinski definition) is 8. The molecule has 31 heavy (non-hydrogen) atoms. The van der Waals surface area contributed by atoms with Crippen LogP contribution >= 0.6 is 23.2 Å². The van der Waals surface area contributed by atoms with Gasteiger partial charge >= 0.3 is 0 Å². The molecule has 0 unspecified atom stereocenters. The number of aromatic nitrogens is 2. The minimum absolute atomic E-state index is 0.000900. The summed E-state index contributed by atoms with van der Waals surface area (Å²) in [6.07, 6.45) is 6.91. The van der Waals surface area contributed by atoms with Crippen LogP contribution in [0, 0.1) is 5.92 Å². The number of ether oxygens (including phenoxy) is 3. The van der Waals surface area contributed by atoms with E-state index in [1.165, 1.54) is 13.3 Å². The van der Waals surface area contributed by atoms with Gasteiger partial charge in [-0.1, -0.05) is 23.2 Å². The summed E-state index contributed by atoms with van der Waals surface area (Å²) in [7, 11) is 1.80. The topological polar surface area (TPSA) is 97.8 Å². The van der Waals surface area contributed by atoms with Crippen LogP contribution in [-0.4, -0.2) is 59.9 Å². The van der Waals surface area contributed by atoms with Gasteiger partial charge in [0.25, 0.3) is 0 Å². The summed E-state index contributed by atoms with van der Waals surface area (Å²) in [5, 5.41) is 5.28. The number of hydrazine groups is 1. The van der Waals surface area contributed by atoms with Crippen molar-refractivity contribution >= 4 is 29.1 Å². The lowest BCUT2D eigenvalue weighted by atomic mass is 9.83. The third-order valence-electron chi connectivity index (χ3n) is 4.82. The van der Waals surface area contributed by atoms with Crippen LogP contribution in [-0.2, 0) is 9.53 Å². The molecular formula is C20H27Cl2N5O4. The first-order chi connectivity index (χ1) is 14.8. The van der Waals surface area contributed by atoms with E-state index in [2.05, 4.69) is 20.7 Å². The van der Waals surface area contributed by atoms with E-state index in [4.69, 9.17) is 37.4 Å². The number of carbonyl (C=O) groups is 1. The molecule has 0 radical (unpaired) electrons. The molecule has 170 valence electrons. The van der Waals surface area contributed by atoms with E-state index < -0.39 is 0 Å². The molecule has 1 atom stereocenters. The van der Waals surface area contributed by atoms with Crippen LogP contribution in [0.2, 0.25) is 5.02 Å². The van der Waals surface area contributed by atoms with Crippen LogP contribution in [0.5, 0.6) is 11.8 Å². The van der Waals surface area contributed by atoms with Gasteiger partial charge < -0.3 is 19.5 Å². The molecule has 2 N–H and O–H groups in total. The molecule has 1 saturated carbocycles. The summed E-state index contributed by atoms with van der Waals surface area (Å²) in [4.78, 5) is 19.2. The molecule has 9 nitrogen and oxygen atoms in total. The molecule has 1 aliphatic heterocycles. The average molecular weight is 472 g/mol. The van der Waals surface area contributed by atoms with E-state index in [9.17, 15) is 4.79 Å². The van der Waals surface area contributed by atoms with Gasteiger partial charge in [0.1, 0.15) is 18.1 Å². The Bertz CT molecular complexity index is 845. The van der Waals surface area contributed by atoms with Crippen molar-refractivity contribution in [2.24, 2.45) is 5.92 Å². The molecule has 0 aromatic carbocycles. The zero-order chi connectivity index (χ0) is 22.4. The summed E-state index contributed by atoms with van der Waals surface area (Å²) in [6.45, 7) is 4.64. The second kappa shape index (κ2) is 10.9. The molecule has 0 saturated heterocycles. The Kier molecular flexibility index (Phi) is 8.22. The maximum absolute atomic E-state index is 11.0. The molecule has 3 rings (SSSR count). The summed E-state index contributed by atoms with van der Waals surface area (Å²) >= 11 is 12.3. The molecule has 2 aliphatic rings. The largest absolute Gasteiger partial charge is 0.476 e. The Labute approximate surface area is 191 Å². The minimum Gasteiger partial charge on any atom is -0.476 e. The van der Waals surface area contributed by atoms with E-state index in [1.807, 2.05) is 13.0 Å². The summed E-state index contributed by atoms with van der Waals surface area (Å²) in [5.74, 6) is 0.849. The molecule has 1 aromatic rings. The molecule has 0 spiro atoms. The van der Waals surface area contributed by atoms with E-state index in [1.54, 1.807) is 18.1 Å². The highest BCUT2D eigenvalue weighted by Gasteiger charge is 2.31.